The van der Waals surface area contributed by atoms with Crippen molar-refractivity contribution in [2.24, 2.45) is 0 Å². The topological polar surface area (TPSA) is 51.2 Å². The van der Waals surface area contributed by atoms with Crippen molar-refractivity contribution in [2.75, 3.05) is 12.4 Å². The Kier molecular flexibility index (Phi) is 4.34. The van der Waals surface area contributed by atoms with E-state index >= 15 is 0 Å². The number of esters is 1. The largest absolute Gasteiger partial charge is 0.467 e. The van der Waals surface area contributed by atoms with Crippen LogP contribution in [0, 0.1) is 5.82 Å². The number of hydrogen-bond donors (Lipinski definition) is 1. The Hall–Kier alpha value is -1.66. The molecule has 100 valence electrons. The van der Waals surface area contributed by atoms with Crippen molar-refractivity contribution in [3.63, 3.8) is 0 Å². The van der Waals surface area contributed by atoms with Gasteiger partial charge in [-0.05, 0) is 12.1 Å². The van der Waals surface area contributed by atoms with E-state index in [1.807, 2.05) is 0 Å². The predicted octanol–water partition coefficient (Wildman–Crippen LogP) is 3.26. The van der Waals surface area contributed by atoms with Crippen LogP contribution >= 0.6 is 22.9 Å². The lowest BCUT2D eigenvalue weighted by molar-refractivity contribution is -0.141. The summed E-state index contributed by atoms with van der Waals surface area (Å²) in [6.07, 6.45) is 1.43. The molecule has 1 heterocycles. The highest BCUT2D eigenvalue weighted by Crippen LogP contribution is 2.28. The molecule has 0 saturated carbocycles. The van der Waals surface area contributed by atoms with Gasteiger partial charge in [0.1, 0.15) is 15.2 Å². The van der Waals surface area contributed by atoms with E-state index in [4.69, 9.17) is 11.6 Å². The summed E-state index contributed by atoms with van der Waals surface area (Å²) in [5, 5.41) is 3.18. The van der Waals surface area contributed by atoms with Crippen LogP contribution in [-0.4, -0.2) is 18.1 Å². The molecule has 0 fully saturated rings. The molecule has 0 amide bonds. The number of anilines is 1. The van der Waals surface area contributed by atoms with Crippen LogP contribution in [0.25, 0.3) is 0 Å². The van der Waals surface area contributed by atoms with E-state index in [1.165, 1.54) is 25.4 Å². The maximum atomic E-state index is 13.6. The number of methoxy groups -OCH3 is 1. The molecule has 0 bridgehead atoms. The molecule has 1 N–H and O–H groups in total. The Morgan fingerprint density at radius 1 is 1.53 bits per heavy atom. The lowest BCUT2D eigenvalue weighted by atomic mass is 10.2. The molecule has 7 heteroatoms. The molecular formula is C12H10ClFN2O2S. The molecule has 1 atom stereocenters. The third kappa shape index (κ3) is 3.21. The predicted molar refractivity (Wildman–Crippen MR) is 71.9 cm³/mol. The number of ether oxygens (including phenoxy) is 1. The molecule has 2 rings (SSSR count). The van der Waals surface area contributed by atoms with Gasteiger partial charge in [0, 0.05) is 0 Å². The van der Waals surface area contributed by atoms with Crippen molar-refractivity contribution in [3.05, 3.63) is 45.6 Å². The van der Waals surface area contributed by atoms with Gasteiger partial charge in [-0.3, -0.25) is 0 Å². The van der Waals surface area contributed by atoms with Crippen molar-refractivity contribution < 1.29 is 13.9 Å². The summed E-state index contributed by atoms with van der Waals surface area (Å²) in [6, 6.07) is 5.16. The van der Waals surface area contributed by atoms with Gasteiger partial charge in [0.15, 0.2) is 6.04 Å². The highest BCUT2D eigenvalue weighted by atomic mass is 35.5. The first-order chi connectivity index (χ1) is 9.11. The Balaban J connectivity index is 2.29. The van der Waals surface area contributed by atoms with E-state index in [1.54, 1.807) is 12.1 Å². The van der Waals surface area contributed by atoms with E-state index in [-0.39, 0.29) is 5.69 Å². The van der Waals surface area contributed by atoms with E-state index in [0.717, 1.165) is 11.3 Å². The summed E-state index contributed by atoms with van der Waals surface area (Å²) in [4.78, 5) is 15.8. The summed E-state index contributed by atoms with van der Waals surface area (Å²) in [6.45, 7) is 0. The fourth-order valence-corrected chi connectivity index (χ4v) is 2.44. The average Bonchev–Trinajstić information content (AvgIpc) is 2.83. The number of hydrogen-bond acceptors (Lipinski definition) is 5. The van der Waals surface area contributed by atoms with Gasteiger partial charge in [0.25, 0.3) is 0 Å². The molecule has 0 saturated heterocycles. The average molecular weight is 301 g/mol. The zero-order valence-electron chi connectivity index (χ0n) is 9.89. The van der Waals surface area contributed by atoms with Crippen molar-refractivity contribution >= 4 is 34.6 Å². The lowest BCUT2D eigenvalue weighted by Crippen LogP contribution is -2.22. The monoisotopic (exact) mass is 300 g/mol. The maximum Gasteiger partial charge on any atom is 0.335 e. The lowest BCUT2D eigenvalue weighted by Gasteiger charge is -2.15. The van der Waals surface area contributed by atoms with Gasteiger partial charge >= 0.3 is 5.97 Å². The van der Waals surface area contributed by atoms with Crippen LogP contribution in [-0.2, 0) is 9.53 Å². The molecule has 0 aliphatic heterocycles. The third-order valence-electron chi connectivity index (χ3n) is 2.35. The van der Waals surface area contributed by atoms with Gasteiger partial charge in [-0.15, -0.1) is 11.3 Å². The second-order valence-electron chi connectivity index (χ2n) is 3.58. The first kappa shape index (κ1) is 13.8. The Labute approximate surface area is 118 Å². The molecule has 0 spiro atoms. The van der Waals surface area contributed by atoms with Gasteiger partial charge in [0.2, 0.25) is 0 Å². The Morgan fingerprint density at radius 2 is 2.26 bits per heavy atom. The SMILES string of the molecule is COC(=O)C(Nc1ccccc1F)c1ncc(Cl)s1. The summed E-state index contributed by atoms with van der Waals surface area (Å²) >= 11 is 6.92. The summed E-state index contributed by atoms with van der Waals surface area (Å²) in [7, 11) is 1.26. The van der Waals surface area contributed by atoms with Gasteiger partial charge < -0.3 is 10.1 Å². The highest BCUT2D eigenvalue weighted by Gasteiger charge is 2.25. The van der Waals surface area contributed by atoms with Crippen LogP contribution in [0.1, 0.15) is 11.0 Å². The van der Waals surface area contributed by atoms with E-state index in [2.05, 4.69) is 15.0 Å². The first-order valence-electron chi connectivity index (χ1n) is 5.32. The van der Waals surface area contributed by atoms with Crippen molar-refractivity contribution in [1.29, 1.82) is 0 Å². The Morgan fingerprint density at radius 3 is 2.84 bits per heavy atom. The first-order valence-corrected chi connectivity index (χ1v) is 6.51. The molecule has 0 radical (unpaired) electrons. The van der Waals surface area contributed by atoms with Gasteiger partial charge in [-0.2, -0.15) is 0 Å². The second-order valence-corrected chi connectivity index (χ2v) is 5.28. The normalized spacial score (nSPS) is 11.9. The molecular weight excluding hydrogens is 291 g/mol. The van der Waals surface area contributed by atoms with E-state index < -0.39 is 17.8 Å². The number of carbonyl (C=O) groups excluding carboxylic acids is 1. The summed E-state index contributed by atoms with van der Waals surface area (Å²) < 4.78 is 18.7. The summed E-state index contributed by atoms with van der Waals surface area (Å²) in [5.74, 6) is -1.02. The molecule has 1 unspecified atom stereocenters. The molecule has 0 aliphatic carbocycles. The number of benzene rings is 1. The summed E-state index contributed by atoms with van der Waals surface area (Å²) in [5.41, 5.74) is 0.198. The number of nitrogens with one attached hydrogen (secondary N) is 1. The molecule has 1 aromatic heterocycles. The van der Waals surface area contributed by atoms with Crippen molar-refractivity contribution in [3.8, 4) is 0 Å². The second kappa shape index (κ2) is 5.99. The van der Waals surface area contributed by atoms with Crippen LogP contribution in [0.3, 0.4) is 0 Å². The number of carbonyl (C=O) groups is 1. The van der Waals surface area contributed by atoms with E-state index in [0.29, 0.717) is 9.34 Å². The van der Waals surface area contributed by atoms with Crippen LogP contribution in [0.5, 0.6) is 0 Å². The van der Waals surface area contributed by atoms with Crippen LogP contribution < -0.4 is 5.32 Å². The minimum absolute atomic E-state index is 0.198. The molecule has 1 aromatic carbocycles. The third-order valence-corrected chi connectivity index (χ3v) is 3.53. The van der Waals surface area contributed by atoms with Gasteiger partial charge in [0.05, 0.1) is 19.0 Å². The number of rotatable bonds is 4. The quantitative estimate of drug-likeness (QED) is 0.881. The van der Waals surface area contributed by atoms with E-state index in [9.17, 15) is 9.18 Å². The van der Waals surface area contributed by atoms with Gasteiger partial charge in [-0.1, -0.05) is 23.7 Å². The number of halogens is 2. The minimum atomic E-state index is -0.889. The zero-order chi connectivity index (χ0) is 13.8. The minimum Gasteiger partial charge on any atom is -0.467 e. The maximum absolute atomic E-state index is 13.6. The number of aromatic nitrogens is 1. The Bertz CT molecular complexity index is 591. The fourth-order valence-electron chi connectivity index (χ4n) is 1.47. The number of thiazole rings is 1. The standard InChI is InChI=1S/C12H10ClFN2O2S/c1-18-12(17)10(11-15-6-9(13)19-11)16-8-5-3-2-4-7(8)14/h2-6,10,16H,1H3. The van der Waals surface area contributed by atoms with Crippen LogP contribution in [0.2, 0.25) is 4.34 Å². The fraction of sp³-hybridized carbons (Fsp3) is 0.167. The highest BCUT2D eigenvalue weighted by molar-refractivity contribution is 7.16. The van der Waals surface area contributed by atoms with Crippen molar-refractivity contribution in [1.82, 2.24) is 4.98 Å². The zero-order valence-corrected chi connectivity index (χ0v) is 11.5. The smallest absolute Gasteiger partial charge is 0.335 e. The molecule has 19 heavy (non-hydrogen) atoms. The van der Waals surface area contributed by atoms with Gasteiger partial charge in [-0.25, -0.2) is 14.2 Å². The number of para-hydroxylation sites is 1. The molecule has 0 aliphatic rings. The number of nitrogens with zero attached hydrogens (tertiary/aromatic N) is 1. The van der Waals surface area contributed by atoms with Crippen molar-refractivity contribution in [2.45, 2.75) is 6.04 Å². The molecule has 4 nitrogen and oxygen atoms in total. The molecule has 2 aromatic rings. The van der Waals surface area contributed by atoms with Crippen LogP contribution in [0.15, 0.2) is 30.5 Å². The van der Waals surface area contributed by atoms with Crippen LogP contribution in [0.4, 0.5) is 10.1 Å².